The molecule has 1 amide bonds. The van der Waals surface area contributed by atoms with Crippen LogP contribution in [0.3, 0.4) is 0 Å². The average molecular weight is 469 g/mol. The molecule has 8 heteroatoms. The van der Waals surface area contributed by atoms with Crippen LogP contribution in [-0.4, -0.2) is 26.4 Å². The van der Waals surface area contributed by atoms with Gasteiger partial charge in [0.25, 0.3) is 0 Å². The molecule has 0 saturated carbocycles. The molecule has 0 aliphatic rings. The molecule has 4 rings (SSSR count). The standard InChI is InChI=1S/C23H18Cl2N4OS/c24-17-8-4-10-19(13-17)26-22(30)15-31-23-28-27-21(12-16-6-2-1-3-7-16)29(23)20-11-5-9-18(25)14-20/h1-11,13-14H,12,15H2,(H,26,30). The number of benzene rings is 3. The summed E-state index contributed by atoms with van der Waals surface area (Å²) in [5.41, 5.74) is 2.62. The van der Waals surface area contributed by atoms with E-state index in [0.29, 0.717) is 27.3 Å². The van der Waals surface area contributed by atoms with E-state index < -0.39 is 0 Å². The minimum Gasteiger partial charge on any atom is -0.325 e. The molecular weight excluding hydrogens is 451 g/mol. The second-order valence-electron chi connectivity index (χ2n) is 6.72. The van der Waals surface area contributed by atoms with Crippen LogP contribution in [-0.2, 0) is 11.2 Å². The van der Waals surface area contributed by atoms with E-state index in [1.165, 1.54) is 11.8 Å². The first-order valence-electron chi connectivity index (χ1n) is 9.51. The molecule has 0 spiro atoms. The lowest BCUT2D eigenvalue weighted by Crippen LogP contribution is -2.14. The molecule has 0 aliphatic carbocycles. The van der Waals surface area contributed by atoms with Crippen molar-refractivity contribution in [2.45, 2.75) is 11.6 Å². The van der Waals surface area contributed by atoms with Gasteiger partial charge in [0, 0.05) is 22.2 Å². The second-order valence-corrected chi connectivity index (χ2v) is 8.54. The van der Waals surface area contributed by atoms with Gasteiger partial charge >= 0.3 is 0 Å². The highest BCUT2D eigenvalue weighted by Gasteiger charge is 2.17. The van der Waals surface area contributed by atoms with Gasteiger partial charge in [0.05, 0.1) is 11.4 Å². The smallest absolute Gasteiger partial charge is 0.234 e. The van der Waals surface area contributed by atoms with Crippen molar-refractivity contribution in [3.05, 3.63) is 100 Å². The van der Waals surface area contributed by atoms with Gasteiger partial charge in [-0.2, -0.15) is 0 Å². The number of nitrogens with one attached hydrogen (secondary N) is 1. The number of rotatable bonds is 7. The lowest BCUT2D eigenvalue weighted by atomic mass is 10.1. The van der Waals surface area contributed by atoms with Crippen LogP contribution in [0, 0.1) is 0 Å². The number of hydrogen-bond acceptors (Lipinski definition) is 4. The van der Waals surface area contributed by atoms with E-state index in [4.69, 9.17) is 23.2 Å². The topological polar surface area (TPSA) is 59.8 Å². The average Bonchev–Trinajstić information content (AvgIpc) is 3.15. The van der Waals surface area contributed by atoms with Gasteiger partial charge in [-0.1, -0.05) is 77.4 Å². The van der Waals surface area contributed by atoms with Crippen molar-refractivity contribution in [2.75, 3.05) is 11.1 Å². The Morgan fingerprint density at radius 2 is 1.65 bits per heavy atom. The lowest BCUT2D eigenvalue weighted by Gasteiger charge is -2.11. The van der Waals surface area contributed by atoms with Crippen molar-refractivity contribution in [3.8, 4) is 5.69 Å². The summed E-state index contributed by atoms with van der Waals surface area (Å²) in [5, 5.41) is 13.4. The molecular formula is C23H18Cl2N4OS. The highest BCUT2D eigenvalue weighted by atomic mass is 35.5. The monoisotopic (exact) mass is 468 g/mol. The van der Waals surface area contributed by atoms with Crippen LogP contribution in [0.1, 0.15) is 11.4 Å². The molecule has 1 N–H and O–H groups in total. The Labute approximate surface area is 194 Å². The summed E-state index contributed by atoms with van der Waals surface area (Å²) in [6.07, 6.45) is 0.607. The zero-order valence-corrected chi connectivity index (χ0v) is 18.7. The molecule has 0 bridgehead atoms. The predicted octanol–water partition coefficient (Wildman–Crippen LogP) is 5.90. The number of aromatic nitrogens is 3. The second kappa shape index (κ2) is 10.0. The van der Waals surface area contributed by atoms with Crippen molar-refractivity contribution in [1.29, 1.82) is 0 Å². The van der Waals surface area contributed by atoms with Crippen molar-refractivity contribution in [3.63, 3.8) is 0 Å². The third-order valence-corrected chi connectivity index (χ3v) is 5.81. The van der Waals surface area contributed by atoms with Crippen molar-refractivity contribution in [1.82, 2.24) is 14.8 Å². The molecule has 31 heavy (non-hydrogen) atoms. The number of carbonyl (C=O) groups is 1. The van der Waals surface area contributed by atoms with Crippen LogP contribution in [0.5, 0.6) is 0 Å². The van der Waals surface area contributed by atoms with Gasteiger partial charge in [0.1, 0.15) is 5.82 Å². The van der Waals surface area contributed by atoms with Crippen molar-refractivity contribution < 1.29 is 4.79 Å². The third kappa shape index (κ3) is 5.67. The largest absolute Gasteiger partial charge is 0.325 e. The minimum atomic E-state index is -0.155. The van der Waals surface area contributed by atoms with Gasteiger partial charge in [-0.25, -0.2) is 0 Å². The molecule has 0 aliphatic heterocycles. The number of hydrogen-bond donors (Lipinski definition) is 1. The Balaban J connectivity index is 1.56. The van der Waals surface area contributed by atoms with Crippen molar-refractivity contribution in [2.24, 2.45) is 0 Å². The molecule has 4 aromatic rings. The maximum absolute atomic E-state index is 12.4. The third-order valence-electron chi connectivity index (χ3n) is 4.41. The summed E-state index contributed by atoms with van der Waals surface area (Å²) < 4.78 is 1.94. The van der Waals surface area contributed by atoms with Crippen LogP contribution >= 0.6 is 35.0 Å². The van der Waals surface area contributed by atoms with Crippen LogP contribution in [0.15, 0.2) is 84.0 Å². The summed E-state index contributed by atoms with van der Waals surface area (Å²) in [4.78, 5) is 12.4. The number of amides is 1. The zero-order chi connectivity index (χ0) is 21.6. The number of thioether (sulfide) groups is 1. The number of nitrogens with zero attached hydrogens (tertiary/aromatic N) is 3. The molecule has 0 unspecified atom stereocenters. The summed E-state index contributed by atoms with van der Waals surface area (Å²) >= 11 is 13.5. The SMILES string of the molecule is O=C(CSc1nnc(Cc2ccccc2)n1-c1cccc(Cl)c1)Nc1cccc(Cl)c1. The molecule has 0 saturated heterocycles. The van der Waals surface area contributed by atoms with E-state index in [9.17, 15) is 4.79 Å². The fourth-order valence-corrected chi connectivity index (χ4v) is 4.20. The number of carbonyl (C=O) groups excluding carboxylic acids is 1. The van der Waals surface area contributed by atoms with E-state index in [1.54, 1.807) is 24.3 Å². The fourth-order valence-electron chi connectivity index (χ4n) is 3.05. The lowest BCUT2D eigenvalue weighted by molar-refractivity contribution is -0.113. The first-order chi connectivity index (χ1) is 15.1. The molecule has 1 heterocycles. The van der Waals surface area contributed by atoms with E-state index in [2.05, 4.69) is 15.5 Å². The summed E-state index contributed by atoms with van der Waals surface area (Å²) in [6, 6.07) is 24.6. The van der Waals surface area contributed by atoms with Crippen LogP contribution < -0.4 is 5.32 Å². The molecule has 0 radical (unpaired) electrons. The highest BCUT2D eigenvalue weighted by molar-refractivity contribution is 7.99. The summed E-state index contributed by atoms with van der Waals surface area (Å²) in [5.74, 6) is 0.792. The Morgan fingerprint density at radius 1 is 0.903 bits per heavy atom. The normalized spacial score (nSPS) is 10.8. The van der Waals surface area contributed by atoms with Crippen LogP contribution in [0.4, 0.5) is 5.69 Å². The van der Waals surface area contributed by atoms with Gasteiger partial charge in [0.15, 0.2) is 5.16 Å². The first kappa shape index (κ1) is 21.4. The maximum atomic E-state index is 12.4. The van der Waals surface area contributed by atoms with Crippen molar-refractivity contribution >= 4 is 46.6 Å². The first-order valence-corrected chi connectivity index (χ1v) is 11.2. The Morgan fingerprint density at radius 3 is 2.39 bits per heavy atom. The Bertz CT molecular complexity index is 1200. The van der Waals surface area contributed by atoms with E-state index in [0.717, 1.165) is 17.1 Å². The highest BCUT2D eigenvalue weighted by Crippen LogP contribution is 2.25. The number of anilines is 1. The molecule has 0 fully saturated rings. The number of halogens is 2. The quantitative estimate of drug-likeness (QED) is 0.343. The van der Waals surface area contributed by atoms with Gasteiger partial charge in [-0.15, -0.1) is 10.2 Å². The fraction of sp³-hybridized carbons (Fsp3) is 0.0870. The maximum Gasteiger partial charge on any atom is 0.234 e. The summed E-state index contributed by atoms with van der Waals surface area (Å²) in [6.45, 7) is 0. The minimum absolute atomic E-state index is 0.155. The van der Waals surface area contributed by atoms with Crippen LogP contribution in [0.25, 0.3) is 5.69 Å². The van der Waals surface area contributed by atoms with Gasteiger partial charge in [-0.05, 0) is 42.0 Å². The van der Waals surface area contributed by atoms with Gasteiger partial charge in [-0.3, -0.25) is 9.36 Å². The van der Waals surface area contributed by atoms with Gasteiger partial charge < -0.3 is 5.32 Å². The summed E-state index contributed by atoms with van der Waals surface area (Å²) in [7, 11) is 0. The molecule has 5 nitrogen and oxygen atoms in total. The van der Waals surface area contributed by atoms with E-state index in [-0.39, 0.29) is 11.7 Å². The van der Waals surface area contributed by atoms with E-state index >= 15 is 0 Å². The molecule has 156 valence electrons. The Hall–Kier alpha value is -2.80. The Kier molecular flexibility index (Phi) is 6.92. The zero-order valence-electron chi connectivity index (χ0n) is 16.3. The van der Waals surface area contributed by atoms with Crippen LogP contribution in [0.2, 0.25) is 10.0 Å². The molecule has 0 atom stereocenters. The predicted molar refractivity (Wildman–Crippen MR) is 126 cm³/mol. The molecule has 3 aromatic carbocycles. The van der Waals surface area contributed by atoms with Gasteiger partial charge in [0.2, 0.25) is 5.91 Å². The van der Waals surface area contributed by atoms with E-state index in [1.807, 2.05) is 59.2 Å². The molecule has 1 aromatic heterocycles.